The quantitative estimate of drug-likeness (QED) is 0.847. The number of hydrogen-bond donors (Lipinski definition) is 1. The predicted octanol–water partition coefficient (Wildman–Crippen LogP) is 3.52. The highest BCUT2D eigenvalue weighted by Gasteiger charge is 2.34. The summed E-state index contributed by atoms with van der Waals surface area (Å²) in [4.78, 5) is 2.42. The Labute approximate surface area is 117 Å². The topological polar surface area (TPSA) is 15.3 Å². The van der Waals surface area contributed by atoms with Gasteiger partial charge in [-0.3, -0.25) is 4.90 Å². The lowest BCUT2D eigenvalue weighted by Crippen LogP contribution is -2.51. The number of benzene rings is 1. The Hall–Kier alpha value is -0.930. The third-order valence-electron chi connectivity index (χ3n) is 4.09. The van der Waals surface area contributed by atoms with Crippen molar-refractivity contribution >= 4 is 0 Å². The second-order valence-corrected chi connectivity index (χ2v) is 5.56. The van der Waals surface area contributed by atoms with Crippen LogP contribution in [0.4, 0.5) is 4.39 Å². The SMILES string of the molecule is CCN(CC)C(C)(C)C(NC)c1ccc(F)c(C)c1. The van der Waals surface area contributed by atoms with E-state index in [0.717, 1.165) is 18.7 Å². The zero-order chi connectivity index (χ0) is 14.6. The van der Waals surface area contributed by atoms with Crippen LogP contribution in [-0.2, 0) is 0 Å². The first-order valence-electron chi connectivity index (χ1n) is 7.06. The maximum Gasteiger partial charge on any atom is 0.126 e. The van der Waals surface area contributed by atoms with E-state index < -0.39 is 0 Å². The van der Waals surface area contributed by atoms with Crippen molar-refractivity contribution in [3.63, 3.8) is 0 Å². The molecule has 0 heterocycles. The van der Waals surface area contributed by atoms with Crippen LogP contribution in [0.5, 0.6) is 0 Å². The average molecular weight is 266 g/mol. The Morgan fingerprint density at radius 2 is 1.84 bits per heavy atom. The summed E-state index contributed by atoms with van der Waals surface area (Å²) >= 11 is 0. The van der Waals surface area contributed by atoms with E-state index in [1.54, 1.807) is 6.07 Å². The molecular formula is C16H27FN2. The van der Waals surface area contributed by atoms with Gasteiger partial charge in [0, 0.05) is 11.6 Å². The van der Waals surface area contributed by atoms with Crippen LogP contribution >= 0.6 is 0 Å². The summed E-state index contributed by atoms with van der Waals surface area (Å²) in [6, 6.07) is 5.57. The standard InChI is InChI=1S/C16H27FN2/c1-7-19(8-2)16(4,5)15(18-6)13-9-10-14(17)12(3)11-13/h9-11,15,18H,7-8H2,1-6H3. The maximum absolute atomic E-state index is 13.4. The lowest BCUT2D eigenvalue weighted by molar-refractivity contribution is 0.0944. The number of nitrogens with one attached hydrogen (secondary N) is 1. The molecule has 0 saturated heterocycles. The molecule has 1 unspecified atom stereocenters. The van der Waals surface area contributed by atoms with E-state index >= 15 is 0 Å². The number of hydrogen-bond acceptors (Lipinski definition) is 2. The minimum absolute atomic E-state index is 0.0253. The summed E-state index contributed by atoms with van der Waals surface area (Å²) in [5.41, 5.74) is 1.81. The molecule has 108 valence electrons. The molecule has 0 amide bonds. The van der Waals surface area contributed by atoms with E-state index in [1.807, 2.05) is 26.1 Å². The lowest BCUT2D eigenvalue weighted by atomic mass is 9.86. The van der Waals surface area contributed by atoms with Gasteiger partial charge in [-0.2, -0.15) is 0 Å². The molecule has 2 nitrogen and oxygen atoms in total. The zero-order valence-electron chi connectivity index (χ0n) is 13.0. The molecule has 0 spiro atoms. The van der Waals surface area contributed by atoms with Crippen molar-refractivity contribution in [1.82, 2.24) is 10.2 Å². The first-order valence-corrected chi connectivity index (χ1v) is 7.06. The molecule has 1 N–H and O–H groups in total. The van der Waals surface area contributed by atoms with Crippen LogP contribution in [0, 0.1) is 12.7 Å². The molecule has 0 saturated carbocycles. The van der Waals surface area contributed by atoms with Gasteiger partial charge in [-0.1, -0.05) is 26.0 Å². The summed E-state index contributed by atoms with van der Waals surface area (Å²) in [6.45, 7) is 12.6. The van der Waals surface area contributed by atoms with Gasteiger partial charge in [0.25, 0.3) is 0 Å². The Morgan fingerprint density at radius 1 is 1.26 bits per heavy atom. The fraction of sp³-hybridized carbons (Fsp3) is 0.625. The number of nitrogens with zero attached hydrogens (tertiary/aromatic N) is 1. The van der Waals surface area contributed by atoms with Crippen LogP contribution in [0.15, 0.2) is 18.2 Å². The number of rotatable bonds is 6. The molecule has 0 aliphatic carbocycles. The van der Waals surface area contributed by atoms with Crippen molar-refractivity contribution in [1.29, 1.82) is 0 Å². The minimum atomic E-state index is -0.140. The van der Waals surface area contributed by atoms with Crippen molar-refractivity contribution < 1.29 is 4.39 Å². The van der Waals surface area contributed by atoms with Crippen molar-refractivity contribution in [2.45, 2.75) is 46.2 Å². The van der Waals surface area contributed by atoms with E-state index in [2.05, 4.69) is 37.9 Å². The first-order chi connectivity index (χ1) is 8.88. The van der Waals surface area contributed by atoms with E-state index in [9.17, 15) is 4.39 Å². The van der Waals surface area contributed by atoms with Crippen molar-refractivity contribution in [2.75, 3.05) is 20.1 Å². The third-order valence-corrected chi connectivity index (χ3v) is 4.09. The van der Waals surface area contributed by atoms with E-state index in [-0.39, 0.29) is 17.4 Å². The fourth-order valence-corrected chi connectivity index (χ4v) is 3.00. The summed E-state index contributed by atoms with van der Waals surface area (Å²) in [7, 11) is 1.97. The Kier molecular flexibility index (Phi) is 5.50. The van der Waals surface area contributed by atoms with Crippen LogP contribution in [0.1, 0.15) is 44.9 Å². The lowest BCUT2D eigenvalue weighted by Gasteiger charge is -2.43. The van der Waals surface area contributed by atoms with Gasteiger partial charge in [-0.25, -0.2) is 4.39 Å². The Morgan fingerprint density at radius 3 is 2.26 bits per heavy atom. The molecule has 1 aromatic carbocycles. The summed E-state index contributed by atoms with van der Waals surface area (Å²) < 4.78 is 13.4. The van der Waals surface area contributed by atoms with Crippen molar-refractivity contribution in [3.05, 3.63) is 35.1 Å². The summed E-state index contributed by atoms with van der Waals surface area (Å²) in [6.07, 6.45) is 0. The number of aryl methyl sites for hydroxylation is 1. The highest BCUT2D eigenvalue weighted by atomic mass is 19.1. The minimum Gasteiger partial charge on any atom is -0.311 e. The third kappa shape index (κ3) is 3.34. The van der Waals surface area contributed by atoms with E-state index in [0.29, 0.717) is 5.56 Å². The molecule has 0 bridgehead atoms. The van der Waals surface area contributed by atoms with E-state index in [1.165, 1.54) is 0 Å². The van der Waals surface area contributed by atoms with Crippen LogP contribution < -0.4 is 5.32 Å². The molecule has 19 heavy (non-hydrogen) atoms. The monoisotopic (exact) mass is 266 g/mol. The number of halogens is 1. The molecule has 1 atom stereocenters. The number of likely N-dealkylation sites (N-methyl/N-ethyl adjacent to an activating group) is 2. The van der Waals surface area contributed by atoms with Gasteiger partial charge >= 0.3 is 0 Å². The van der Waals surface area contributed by atoms with Gasteiger partial charge in [0.15, 0.2) is 0 Å². The highest BCUT2D eigenvalue weighted by molar-refractivity contribution is 5.28. The van der Waals surface area contributed by atoms with Crippen LogP contribution in [0.25, 0.3) is 0 Å². The van der Waals surface area contributed by atoms with Crippen LogP contribution in [0.3, 0.4) is 0 Å². The van der Waals surface area contributed by atoms with Crippen LogP contribution in [-0.4, -0.2) is 30.6 Å². The molecule has 1 rings (SSSR count). The summed E-state index contributed by atoms with van der Waals surface area (Å²) in [5.74, 6) is -0.140. The largest absolute Gasteiger partial charge is 0.311 e. The molecular weight excluding hydrogens is 239 g/mol. The highest BCUT2D eigenvalue weighted by Crippen LogP contribution is 2.31. The average Bonchev–Trinajstić information content (AvgIpc) is 2.35. The van der Waals surface area contributed by atoms with Gasteiger partial charge in [0.05, 0.1) is 0 Å². The molecule has 0 aliphatic heterocycles. The Balaban J connectivity index is 3.14. The second kappa shape index (κ2) is 6.49. The van der Waals surface area contributed by atoms with Crippen LogP contribution in [0.2, 0.25) is 0 Å². The predicted molar refractivity (Wildman–Crippen MR) is 79.9 cm³/mol. The fourth-order valence-electron chi connectivity index (χ4n) is 3.00. The zero-order valence-corrected chi connectivity index (χ0v) is 13.0. The molecule has 0 aromatic heterocycles. The summed E-state index contributed by atoms with van der Waals surface area (Å²) in [5, 5.41) is 3.39. The smallest absolute Gasteiger partial charge is 0.126 e. The van der Waals surface area contributed by atoms with Gasteiger partial charge < -0.3 is 5.32 Å². The molecule has 0 fully saturated rings. The van der Waals surface area contributed by atoms with Gasteiger partial charge in [-0.05, 0) is 58.1 Å². The van der Waals surface area contributed by atoms with Gasteiger partial charge in [-0.15, -0.1) is 0 Å². The van der Waals surface area contributed by atoms with Gasteiger partial charge in [0.2, 0.25) is 0 Å². The van der Waals surface area contributed by atoms with Gasteiger partial charge in [0.1, 0.15) is 5.82 Å². The molecule has 3 heteroatoms. The maximum atomic E-state index is 13.4. The molecule has 1 aromatic rings. The first kappa shape index (κ1) is 16.1. The second-order valence-electron chi connectivity index (χ2n) is 5.56. The van der Waals surface area contributed by atoms with Crippen molar-refractivity contribution in [3.8, 4) is 0 Å². The normalized spacial score (nSPS) is 13.9. The molecule has 0 radical (unpaired) electrons. The van der Waals surface area contributed by atoms with E-state index in [4.69, 9.17) is 0 Å². The molecule has 0 aliphatic rings. The Bertz CT molecular complexity index is 411. The van der Waals surface area contributed by atoms with Crippen molar-refractivity contribution in [2.24, 2.45) is 0 Å².